The number of carbonyl (C=O) groups excluding carboxylic acids is 1. The first-order chi connectivity index (χ1) is 10.3. The van der Waals surface area contributed by atoms with Gasteiger partial charge in [0.05, 0.1) is 18.2 Å². The van der Waals surface area contributed by atoms with Crippen molar-refractivity contribution in [1.82, 2.24) is 0 Å². The molecule has 22 heavy (non-hydrogen) atoms. The fourth-order valence-electron chi connectivity index (χ4n) is 1.76. The van der Waals surface area contributed by atoms with E-state index in [4.69, 9.17) is 4.74 Å². The van der Waals surface area contributed by atoms with Gasteiger partial charge in [-0.2, -0.15) is 13.2 Å². The molecule has 0 saturated carbocycles. The number of alkyl halides is 3. The van der Waals surface area contributed by atoms with Gasteiger partial charge in [0.1, 0.15) is 11.5 Å². The van der Waals surface area contributed by atoms with E-state index in [2.05, 4.69) is 11.4 Å². The summed E-state index contributed by atoms with van der Waals surface area (Å²) in [5, 5.41) is 11.8. The molecule has 0 aliphatic heterocycles. The molecule has 0 aliphatic carbocycles. The molecule has 0 aromatic heterocycles. The average Bonchev–Trinajstić information content (AvgIpc) is 2.46. The number of benzene rings is 2. The molecule has 0 aliphatic rings. The summed E-state index contributed by atoms with van der Waals surface area (Å²) in [6.45, 7) is 0. The Morgan fingerprint density at radius 2 is 2.05 bits per heavy atom. The number of phenolic OH excluding ortho intramolecular Hbond substituents is 1. The van der Waals surface area contributed by atoms with E-state index >= 15 is 0 Å². The molecule has 0 heterocycles. The lowest BCUT2D eigenvalue weighted by Gasteiger charge is -2.12. The van der Waals surface area contributed by atoms with E-state index in [1.807, 2.05) is 0 Å². The van der Waals surface area contributed by atoms with Crippen molar-refractivity contribution < 1.29 is 27.8 Å². The number of amides is 1. The van der Waals surface area contributed by atoms with Crippen molar-refractivity contribution in [2.45, 2.75) is 6.18 Å². The summed E-state index contributed by atoms with van der Waals surface area (Å²) in [5.74, 6) is -1.10. The lowest BCUT2D eigenvalue weighted by molar-refractivity contribution is -0.137. The number of anilines is 1. The second kappa shape index (κ2) is 5.97. The highest BCUT2D eigenvalue weighted by molar-refractivity contribution is 6.06. The van der Waals surface area contributed by atoms with E-state index in [-0.39, 0.29) is 22.7 Å². The fourth-order valence-corrected chi connectivity index (χ4v) is 1.76. The number of ether oxygens (including phenoxy) is 1. The van der Waals surface area contributed by atoms with Crippen molar-refractivity contribution in [3.05, 3.63) is 53.6 Å². The molecule has 1 radical (unpaired) electrons. The highest BCUT2D eigenvalue weighted by Gasteiger charge is 2.31. The van der Waals surface area contributed by atoms with Crippen LogP contribution in [0.25, 0.3) is 0 Å². The van der Waals surface area contributed by atoms with Crippen molar-refractivity contribution in [3.8, 4) is 11.5 Å². The molecule has 0 unspecified atom stereocenters. The predicted molar refractivity (Wildman–Crippen MR) is 72.9 cm³/mol. The summed E-state index contributed by atoms with van der Waals surface area (Å²) in [6, 6.07) is 9.34. The van der Waals surface area contributed by atoms with Crippen LogP contribution >= 0.6 is 0 Å². The Balaban J connectivity index is 2.33. The highest BCUT2D eigenvalue weighted by Crippen LogP contribution is 2.34. The third-order valence-corrected chi connectivity index (χ3v) is 2.81. The van der Waals surface area contributed by atoms with Crippen LogP contribution in [0.3, 0.4) is 0 Å². The van der Waals surface area contributed by atoms with Gasteiger partial charge in [-0.25, -0.2) is 0 Å². The van der Waals surface area contributed by atoms with Crippen LogP contribution in [0.2, 0.25) is 0 Å². The number of hydrogen-bond donors (Lipinski definition) is 2. The molecule has 0 fully saturated rings. The number of hydrogen-bond acceptors (Lipinski definition) is 3. The molecule has 2 N–H and O–H groups in total. The third kappa shape index (κ3) is 3.49. The van der Waals surface area contributed by atoms with Crippen LogP contribution in [0.1, 0.15) is 15.9 Å². The lowest BCUT2D eigenvalue weighted by atomic mass is 10.1. The van der Waals surface area contributed by atoms with Gasteiger partial charge in [0.15, 0.2) is 0 Å². The van der Waals surface area contributed by atoms with Crippen LogP contribution in [0.5, 0.6) is 11.5 Å². The minimum atomic E-state index is -4.57. The molecule has 2 aromatic carbocycles. The number of nitrogens with one attached hydrogen (secondary N) is 1. The fraction of sp³-hybridized carbons (Fsp3) is 0.133. The Bertz CT molecular complexity index is 699. The minimum Gasteiger partial charge on any atom is -0.507 e. The molecule has 2 aromatic rings. The molecule has 1 amide bonds. The Hall–Kier alpha value is -2.70. The summed E-state index contributed by atoms with van der Waals surface area (Å²) < 4.78 is 43.2. The zero-order valence-corrected chi connectivity index (χ0v) is 11.4. The number of carbonyl (C=O) groups is 1. The Morgan fingerprint density at radius 1 is 1.32 bits per heavy atom. The van der Waals surface area contributed by atoms with Gasteiger partial charge in [-0.3, -0.25) is 4.79 Å². The van der Waals surface area contributed by atoms with Crippen LogP contribution in [0, 0.1) is 6.07 Å². The molecule has 0 atom stereocenters. The maximum Gasteiger partial charge on any atom is 0.416 e. The first-order valence-corrected chi connectivity index (χ1v) is 6.08. The van der Waals surface area contributed by atoms with Gasteiger partial charge in [-0.15, -0.1) is 0 Å². The van der Waals surface area contributed by atoms with Crippen molar-refractivity contribution in [2.75, 3.05) is 12.4 Å². The quantitative estimate of drug-likeness (QED) is 0.912. The van der Waals surface area contributed by atoms with Gasteiger partial charge in [-0.1, -0.05) is 6.07 Å². The maximum absolute atomic E-state index is 12.8. The molecule has 0 spiro atoms. The summed E-state index contributed by atoms with van der Waals surface area (Å²) in [7, 11) is 1.22. The molecule has 0 saturated heterocycles. The first kappa shape index (κ1) is 15.7. The van der Waals surface area contributed by atoms with E-state index < -0.39 is 17.6 Å². The zero-order chi connectivity index (χ0) is 16.3. The molecule has 4 nitrogen and oxygen atoms in total. The predicted octanol–water partition coefficient (Wildman–Crippen LogP) is 3.47. The van der Waals surface area contributed by atoms with E-state index in [0.717, 1.165) is 12.1 Å². The Kier molecular flexibility index (Phi) is 4.25. The van der Waals surface area contributed by atoms with Gasteiger partial charge in [0, 0.05) is 11.8 Å². The summed E-state index contributed by atoms with van der Waals surface area (Å²) in [4.78, 5) is 12.0. The molecular weight excluding hydrogens is 299 g/mol. The van der Waals surface area contributed by atoms with E-state index in [1.165, 1.54) is 31.4 Å². The smallest absolute Gasteiger partial charge is 0.416 e. The SMILES string of the molecule is COc1cc(NC(=O)c2c[c]ccc2O)cc(C(F)(F)F)c1. The molecule has 115 valence electrons. The monoisotopic (exact) mass is 310 g/mol. The molecule has 0 bridgehead atoms. The Labute approximate surface area is 124 Å². The van der Waals surface area contributed by atoms with Crippen LogP contribution < -0.4 is 10.1 Å². The van der Waals surface area contributed by atoms with E-state index in [1.54, 1.807) is 0 Å². The van der Waals surface area contributed by atoms with Crippen LogP contribution in [-0.4, -0.2) is 18.1 Å². The second-order valence-electron chi connectivity index (χ2n) is 4.35. The lowest BCUT2D eigenvalue weighted by Crippen LogP contribution is -2.13. The summed E-state index contributed by atoms with van der Waals surface area (Å²) in [5.41, 5.74) is -1.15. The topological polar surface area (TPSA) is 58.6 Å². The van der Waals surface area contributed by atoms with Crippen molar-refractivity contribution in [3.63, 3.8) is 0 Å². The summed E-state index contributed by atoms with van der Waals surface area (Å²) >= 11 is 0. The van der Waals surface area contributed by atoms with Gasteiger partial charge in [-0.05, 0) is 30.3 Å². The van der Waals surface area contributed by atoms with Crippen LogP contribution in [0.4, 0.5) is 18.9 Å². The van der Waals surface area contributed by atoms with Gasteiger partial charge < -0.3 is 15.2 Å². The van der Waals surface area contributed by atoms with E-state index in [9.17, 15) is 23.1 Å². The number of methoxy groups -OCH3 is 1. The molecular formula is C15H11F3NO3. The van der Waals surface area contributed by atoms with Gasteiger partial charge >= 0.3 is 6.18 Å². The third-order valence-electron chi connectivity index (χ3n) is 2.81. The average molecular weight is 310 g/mol. The second-order valence-corrected chi connectivity index (χ2v) is 4.35. The van der Waals surface area contributed by atoms with Gasteiger partial charge in [0.25, 0.3) is 5.91 Å². The molecule has 7 heteroatoms. The summed E-state index contributed by atoms with van der Waals surface area (Å²) in [6.07, 6.45) is -4.57. The van der Waals surface area contributed by atoms with Crippen LogP contribution in [0.15, 0.2) is 36.4 Å². The maximum atomic E-state index is 12.8. The highest BCUT2D eigenvalue weighted by atomic mass is 19.4. The first-order valence-electron chi connectivity index (χ1n) is 6.08. The number of aromatic hydroxyl groups is 1. The van der Waals surface area contributed by atoms with Crippen molar-refractivity contribution in [1.29, 1.82) is 0 Å². The standard InChI is InChI=1S/C15H11F3NO3/c1-22-11-7-9(15(16,17)18)6-10(8-11)19-14(21)12-4-2-3-5-13(12)20/h3-8,20H,1H3,(H,19,21). The zero-order valence-electron chi connectivity index (χ0n) is 11.4. The largest absolute Gasteiger partial charge is 0.507 e. The minimum absolute atomic E-state index is 0.0472. The number of phenols is 1. The van der Waals surface area contributed by atoms with Gasteiger partial charge in [0.2, 0.25) is 0 Å². The van der Waals surface area contributed by atoms with Crippen LogP contribution in [-0.2, 0) is 6.18 Å². The Morgan fingerprint density at radius 3 is 2.64 bits per heavy atom. The van der Waals surface area contributed by atoms with Crippen molar-refractivity contribution >= 4 is 11.6 Å². The number of halogens is 3. The van der Waals surface area contributed by atoms with E-state index in [0.29, 0.717) is 0 Å². The molecule has 2 rings (SSSR count). The number of rotatable bonds is 3. The van der Waals surface area contributed by atoms with Crippen molar-refractivity contribution in [2.24, 2.45) is 0 Å². The normalized spacial score (nSPS) is 11.1.